The van der Waals surface area contributed by atoms with Crippen molar-refractivity contribution in [1.29, 1.82) is 0 Å². The summed E-state index contributed by atoms with van der Waals surface area (Å²) >= 11 is 0. The van der Waals surface area contributed by atoms with Crippen molar-refractivity contribution in [3.05, 3.63) is 56.9 Å². The van der Waals surface area contributed by atoms with E-state index in [-0.39, 0.29) is 30.1 Å². The molecule has 0 radical (unpaired) electrons. The number of hydrogen-bond donors (Lipinski definition) is 1. The van der Waals surface area contributed by atoms with Crippen LogP contribution in [0.1, 0.15) is 11.3 Å². The molecule has 0 aliphatic heterocycles. The summed E-state index contributed by atoms with van der Waals surface area (Å²) in [7, 11) is 0. The highest BCUT2D eigenvalue weighted by molar-refractivity contribution is 5.75. The summed E-state index contributed by atoms with van der Waals surface area (Å²) in [4.78, 5) is 43.1. The molecule has 116 valence electrons. The number of hydrogen-bond acceptors (Lipinski definition) is 5. The SMILES string of the molecule is Cc1ncn(CC(=O)NCCn2cnccc2=O)c(=O)c1C. The van der Waals surface area contributed by atoms with Crippen LogP contribution in [0.4, 0.5) is 0 Å². The second-order valence-electron chi connectivity index (χ2n) is 4.85. The molecule has 0 saturated carbocycles. The van der Waals surface area contributed by atoms with Crippen LogP contribution in [0.5, 0.6) is 0 Å². The number of carbonyl (C=O) groups is 1. The summed E-state index contributed by atoms with van der Waals surface area (Å²) in [5, 5.41) is 2.65. The van der Waals surface area contributed by atoms with Crippen molar-refractivity contribution in [2.45, 2.75) is 26.9 Å². The van der Waals surface area contributed by atoms with Gasteiger partial charge in [-0.2, -0.15) is 0 Å². The summed E-state index contributed by atoms with van der Waals surface area (Å²) in [6, 6.07) is 1.35. The van der Waals surface area contributed by atoms with E-state index in [1.54, 1.807) is 13.8 Å². The lowest BCUT2D eigenvalue weighted by atomic mass is 10.3. The van der Waals surface area contributed by atoms with E-state index in [1.807, 2.05) is 0 Å². The van der Waals surface area contributed by atoms with Gasteiger partial charge in [-0.1, -0.05) is 0 Å². The molecule has 0 unspecified atom stereocenters. The summed E-state index contributed by atoms with van der Waals surface area (Å²) < 4.78 is 2.65. The van der Waals surface area contributed by atoms with Gasteiger partial charge in [-0.25, -0.2) is 9.97 Å². The average Bonchev–Trinajstić information content (AvgIpc) is 2.50. The number of amides is 1. The molecule has 0 atom stereocenters. The number of aromatic nitrogens is 4. The monoisotopic (exact) mass is 303 g/mol. The van der Waals surface area contributed by atoms with Gasteiger partial charge in [0, 0.05) is 36.6 Å². The van der Waals surface area contributed by atoms with Gasteiger partial charge in [-0.15, -0.1) is 0 Å². The first kappa shape index (κ1) is 15.6. The summed E-state index contributed by atoms with van der Waals surface area (Å²) in [5.74, 6) is -0.316. The van der Waals surface area contributed by atoms with Crippen LogP contribution in [0.25, 0.3) is 0 Å². The fourth-order valence-corrected chi connectivity index (χ4v) is 1.86. The lowest BCUT2D eigenvalue weighted by Crippen LogP contribution is -2.36. The molecular weight excluding hydrogens is 286 g/mol. The van der Waals surface area contributed by atoms with Gasteiger partial charge in [-0.3, -0.25) is 23.5 Å². The van der Waals surface area contributed by atoms with E-state index in [9.17, 15) is 14.4 Å². The van der Waals surface area contributed by atoms with Crippen LogP contribution in [0.2, 0.25) is 0 Å². The third-order valence-corrected chi connectivity index (χ3v) is 3.30. The Morgan fingerprint density at radius 3 is 2.73 bits per heavy atom. The van der Waals surface area contributed by atoms with Crippen molar-refractivity contribution in [2.24, 2.45) is 0 Å². The minimum atomic E-state index is -0.316. The van der Waals surface area contributed by atoms with E-state index in [0.29, 0.717) is 17.8 Å². The van der Waals surface area contributed by atoms with Crippen molar-refractivity contribution in [3.8, 4) is 0 Å². The molecule has 0 spiro atoms. The minimum absolute atomic E-state index is 0.102. The fraction of sp³-hybridized carbons (Fsp3) is 0.357. The third kappa shape index (κ3) is 3.66. The number of aryl methyl sites for hydroxylation is 1. The number of nitrogens with one attached hydrogen (secondary N) is 1. The molecular formula is C14H17N5O3. The quantitative estimate of drug-likeness (QED) is 0.782. The normalized spacial score (nSPS) is 10.5. The smallest absolute Gasteiger partial charge is 0.256 e. The maximum absolute atomic E-state index is 12.0. The van der Waals surface area contributed by atoms with Gasteiger partial charge in [0.2, 0.25) is 5.91 Å². The third-order valence-electron chi connectivity index (χ3n) is 3.30. The van der Waals surface area contributed by atoms with Gasteiger partial charge < -0.3 is 5.32 Å². The topological polar surface area (TPSA) is 98.9 Å². The van der Waals surface area contributed by atoms with Crippen LogP contribution < -0.4 is 16.4 Å². The molecule has 0 aliphatic rings. The molecule has 0 aliphatic carbocycles. The Hall–Kier alpha value is -2.77. The molecule has 22 heavy (non-hydrogen) atoms. The van der Waals surface area contributed by atoms with Crippen LogP contribution in [0.3, 0.4) is 0 Å². The molecule has 8 nitrogen and oxygen atoms in total. The van der Waals surface area contributed by atoms with Gasteiger partial charge in [0.25, 0.3) is 11.1 Å². The standard InChI is InChI=1S/C14H17N5O3/c1-10-11(2)17-9-19(14(10)22)7-12(20)16-5-6-18-8-15-4-3-13(18)21/h3-4,8-9H,5-7H2,1-2H3,(H,16,20). The molecule has 0 aromatic carbocycles. The van der Waals surface area contributed by atoms with Gasteiger partial charge in [0.1, 0.15) is 6.54 Å². The van der Waals surface area contributed by atoms with Gasteiger partial charge in [0.15, 0.2) is 0 Å². The summed E-state index contributed by atoms with van der Waals surface area (Å²) in [6.45, 7) is 3.91. The van der Waals surface area contributed by atoms with Crippen LogP contribution >= 0.6 is 0 Å². The van der Waals surface area contributed by atoms with Crippen molar-refractivity contribution in [3.63, 3.8) is 0 Å². The van der Waals surface area contributed by atoms with Crippen LogP contribution in [-0.4, -0.2) is 31.6 Å². The van der Waals surface area contributed by atoms with Gasteiger partial charge in [-0.05, 0) is 13.8 Å². The Bertz CT molecular complexity index is 794. The first-order valence-electron chi connectivity index (χ1n) is 6.79. The van der Waals surface area contributed by atoms with Crippen LogP contribution in [0.15, 0.2) is 34.5 Å². The Balaban J connectivity index is 1.92. The van der Waals surface area contributed by atoms with E-state index in [4.69, 9.17) is 0 Å². The fourth-order valence-electron chi connectivity index (χ4n) is 1.86. The van der Waals surface area contributed by atoms with Crippen molar-refractivity contribution in [1.82, 2.24) is 24.4 Å². The Labute approximate surface area is 126 Å². The first-order chi connectivity index (χ1) is 10.5. The predicted molar refractivity (Wildman–Crippen MR) is 79.5 cm³/mol. The molecule has 2 aromatic heterocycles. The molecule has 0 bridgehead atoms. The van der Waals surface area contributed by atoms with E-state index >= 15 is 0 Å². The number of rotatable bonds is 5. The molecule has 1 N–H and O–H groups in total. The lowest BCUT2D eigenvalue weighted by Gasteiger charge is -2.09. The predicted octanol–water partition coefficient (Wildman–Crippen LogP) is -0.767. The largest absolute Gasteiger partial charge is 0.353 e. The lowest BCUT2D eigenvalue weighted by molar-refractivity contribution is -0.121. The van der Waals surface area contributed by atoms with Crippen LogP contribution in [-0.2, 0) is 17.9 Å². The molecule has 8 heteroatoms. The highest BCUT2D eigenvalue weighted by atomic mass is 16.2. The van der Waals surface area contributed by atoms with E-state index in [2.05, 4.69) is 15.3 Å². The summed E-state index contributed by atoms with van der Waals surface area (Å²) in [6.07, 6.45) is 4.18. The zero-order valence-electron chi connectivity index (χ0n) is 12.4. The van der Waals surface area contributed by atoms with Gasteiger partial charge >= 0.3 is 0 Å². The number of carbonyl (C=O) groups excluding carboxylic acids is 1. The first-order valence-corrected chi connectivity index (χ1v) is 6.79. The zero-order chi connectivity index (χ0) is 16.1. The molecule has 0 saturated heterocycles. The molecule has 0 fully saturated rings. The molecule has 1 amide bonds. The highest BCUT2D eigenvalue weighted by Crippen LogP contribution is 1.94. The Morgan fingerprint density at radius 1 is 1.23 bits per heavy atom. The maximum Gasteiger partial charge on any atom is 0.256 e. The van der Waals surface area contributed by atoms with Crippen molar-refractivity contribution >= 4 is 5.91 Å². The van der Waals surface area contributed by atoms with E-state index in [0.717, 1.165) is 0 Å². The zero-order valence-corrected chi connectivity index (χ0v) is 12.4. The Morgan fingerprint density at radius 2 is 2.00 bits per heavy atom. The van der Waals surface area contributed by atoms with E-state index in [1.165, 1.54) is 34.1 Å². The van der Waals surface area contributed by atoms with E-state index < -0.39 is 0 Å². The highest BCUT2D eigenvalue weighted by Gasteiger charge is 2.08. The van der Waals surface area contributed by atoms with Crippen molar-refractivity contribution < 1.29 is 4.79 Å². The second-order valence-corrected chi connectivity index (χ2v) is 4.85. The average molecular weight is 303 g/mol. The summed E-state index contributed by atoms with van der Waals surface area (Å²) in [5.41, 5.74) is 0.764. The molecule has 2 heterocycles. The van der Waals surface area contributed by atoms with Crippen molar-refractivity contribution in [2.75, 3.05) is 6.54 Å². The number of nitrogens with zero attached hydrogens (tertiary/aromatic N) is 4. The maximum atomic E-state index is 12.0. The molecule has 2 aromatic rings. The van der Waals surface area contributed by atoms with Gasteiger partial charge in [0.05, 0.1) is 12.7 Å². The Kier molecular flexibility index (Phi) is 4.82. The second kappa shape index (κ2) is 6.79. The molecule has 2 rings (SSSR count). The van der Waals surface area contributed by atoms with Crippen LogP contribution in [0, 0.1) is 13.8 Å². The minimum Gasteiger partial charge on any atom is -0.353 e.